The molecular formula is C28H30Cl2O2. The molecule has 0 saturated heterocycles. The van der Waals surface area contributed by atoms with E-state index in [0.29, 0.717) is 15.8 Å². The van der Waals surface area contributed by atoms with Gasteiger partial charge in [-0.05, 0) is 60.1 Å². The minimum atomic E-state index is 0.0188. The lowest BCUT2D eigenvalue weighted by Crippen LogP contribution is -2.18. The molecule has 0 unspecified atom stereocenters. The summed E-state index contributed by atoms with van der Waals surface area (Å²) in [5.41, 5.74) is 3.32. The van der Waals surface area contributed by atoms with Crippen molar-refractivity contribution < 1.29 is 9.53 Å². The molecule has 4 heteroatoms. The molecule has 168 valence electrons. The lowest BCUT2D eigenvalue weighted by Gasteiger charge is -2.25. The number of rotatable bonds is 9. The van der Waals surface area contributed by atoms with Crippen molar-refractivity contribution in [2.24, 2.45) is 5.92 Å². The molecule has 0 heterocycles. The van der Waals surface area contributed by atoms with E-state index in [2.05, 4.69) is 38.1 Å². The number of hydrogen-bond acceptors (Lipinski definition) is 2. The number of carbonyl (C=O) groups excluding carboxylic acids is 1. The molecule has 3 rings (SSSR count). The van der Waals surface area contributed by atoms with Crippen molar-refractivity contribution in [2.75, 3.05) is 0 Å². The lowest BCUT2D eigenvalue weighted by atomic mass is 9.79. The van der Waals surface area contributed by atoms with Crippen LogP contribution in [0.3, 0.4) is 0 Å². The van der Waals surface area contributed by atoms with Crippen molar-refractivity contribution in [3.05, 3.63) is 93.5 Å². The highest BCUT2D eigenvalue weighted by molar-refractivity contribution is 6.42. The predicted molar refractivity (Wildman–Crippen MR) is 135 cm³/mol. The Morgan fingerprint density at radius 2 is 1.59 bits per heavy atom. The number of benzene rings is 3. The van der Waals surface area contributed by atoms with Gasteiger partial charge < -0.3 is 4.74 Å². The first-order valence-corrected chi connectivity index (χ1v) is 11.8. The number of halogens is 2. The molecule has 0 fully saturated rings. The molecule has 0 aliphatic carbocycles. The highest BCUT2D eigenvalue weighted by Gasteiger charge is 2.21. The lowest BCUT2D eigenvalue weighted by molar-refractivity contribution is 0.0939. The Labute approximate surface area is 201 Å². The molecular weight excluding hydrogens is 439 g/mol. The number of hydrogen-bond donors (Lipinski definition) is 0. The van der Waals surface area contributed by atoms with Crippen LogP contribution < -0.4 is 4.74 Å². The first kappa shape index (κ1) is 24.4. The topological polar surface area (TPSA) is 26.3 Å². The second-order valence-corrected chi connectivity index (χ2v) is 9.97. The van der Waals surface area contributed by atoms with Gasteiger partial charge in [0.05, 0.1) is 10.0 Å². The van der Waals surface area contributed by atoms with E-state index in [9.17, 15) is 4.79 Å². The number of carbonyl (C=O) groups is 1. The first-order chi connectivity index (χ1) is 15.2. The molecule has 3 aromatic carbocycles. The largest absolute Gasteiger partial charge is 0.457 e. The van der Waals surface area contributed by atoms with E-state index in [4.69, 9.17) is 27.9 Å². The molecule has 0 bridgehead atoms. The van der Waals surface area contributed by atoms with Crippen LogP contribution in [0.4, 0.5) is 0 Å². The fraction of sp³-hybridized carbons (Fsp3) is 0.321. The highest BCUT2D eigenvalue weighted by atomic mass is 35.5. The summed E-state index contributed by atoms with van der Waals surface area (Å²) in [7, 11) is 0. The van der Waals surface area contributed by atoms with Gasteiger partial charge in [-0.3, -0.25) is 4.79 Å². The average molecular weight is 469 g/mol. The van der Waals surface area contributed by atoms with Gasteiger partial charge in [-0.1, -0.05) is 87.3 Å². The predicted octanol–water partition coefficient (Wildman–Crippen LogP) is 8.92. The van der Waals surface area contributed by atoms with Crippen LogP contribution in [0.2, 0.25) is 10.0 Å². The monoisotopic (exact) mass is 468 g/mol. The number of ether oxygens (including phenoxy) is 1. The minimum absolute atomic E-state index is 0.0188. The molecule has 3 aromatic rings. The van der Waals surface area contributed by atoms with Crippen molar-refractivity contribution in [3.8, 4) is 11.5 Å². The van der Waals surface area contributed by atoms with E-state index in [-0.39, 0.29) is 17.1 Å². The molecule has 0 atom stereocenters. The third kappa shape index (κ3) is 6.37. The van der Waals surface area contributed by atoms with Crippen LogP contribution in [0.5, 0.6) is 11.5 Å². The van der Waals surface area contributed by atoms with Crippen molar-refractivity contribution in [1.29, 1.82) is 0 Å². The Morgan fingerprint density at radius 1 is 0.906 bits per heavy atom. The maximum atomic E-state index is 12.2. The van der Waals surface area contributed by atoms with Gasteiger partial charge in [0.2, 0.25) is 0 Å². The molecule has 0 radical (unpaired) electrons. The van der Waals surface area contributed by atoms with Gasteiger partial charge in [-0.15, -0.1) is 0 Å². The van der Waals surface area contributed by atoms with E-state index in [1.54, 1.807) is 12.1 Å². The van der Waals surface area contributed by atoms with Crippen molar-refractivity contribution in [3.63, 3.8) is 0 Å². The fourth-order valence-corrected chi connectivity index (χ4v) is 4.03. The summed E-state index contributed by atoms with van der Waals surface area (Å²) in [6, 6.07) is 21.5. The molecule has 0 aromatic heterocycles. The zero-order valence-electron chi connectivity index (χ0n) is 19.1. The van der Waals surface area contributed by atoms with Gasteiger partial charge in [0.25, 0.3) is 0 Å². The molecule has 32 heavy (non-hydrogen) atoms. The molecule has 0 saturated carbocycles. The zero-order valence-corrected chi connectivity index (χ0v) is 20.6. The molecule has 0 aliphatic rings. The van der Waals surface area contributed by atoms with Gasteiger partial charge in [-0.2, -0.15) is 0 Å². The van der Waals surface area contributed by atoms with Crippen LogP contribution in [0.15, 0.2) is 66.7 Å². The van der Waals surface area contributed by atoms with Gasteiger partial charge in [-0.25, -0.2) is 0 Å². The number of ketones is 1. The summed E-state index contributed by atoms with van der Waals surface area (Å²) >= 11 is 12.1. The summed E-state index contributed by atoms with van der Waals surface area (Å²) in [5.74, 6) is 1.66. The summed E-state index contributed by atoms with van der Waals surface area (Å²) in [5, 5.41) is 0.987. The Balaban J connectivity index is 1.59. The van der Waals surface area contributed by atoms with E-state index < -0.39 is 0 Å². The van der Waals surface area contributed by atoms with Crippen LogP contribution in [0, 0.1) is 5.92 Å². The Morgan fingerprint density at radius 3 is 2.25 bits per heavy atom. The summed E-state index contributed by atoms with van der Waals surface area (Å²) < 4.78 is 5.95. The van der Waals surface area contributed by atoms with Crippen LogP contribution in [0.25, 0.3) is 0 Å². The van der Waals surface area contributed by atoms with E-state index in [0.717, 1.165) is 30.6 Å². The molecule has 2 nitrogen and oxygen atoms in total. The molecule has 0 N–H and O–H groups in total. The standard InChI is InChI=1S/C28H30Cl2O2/c1-19(2)27(31)21-10-12-22(13-11-21)28(3,4)16-6-8-20-7-5-9-23(17-20)32-24-14-15-25(29)26(30)18-24/h5,7,9-15,17-19H,6,8,16H2,1-4H3. The first-order valence-electron chi connectivity index (χ1n) is 11.0. The second-order valence-electron chi connectivity index (χ2n) is 9.16. The van der Waals surface area contributed by atoms with Crippen molar-refractivity contribution in [1.82, 2.24) is 0 Å². The van der Waals surface area contributed by atoms with Crippen LogP contribution >= 0.6 is 23.2 Å². The highest BCUT2D eigenvalue weighted by Crippen LogP contribution is 2.32. The smallest absolute Gasteiger partial charge is 0.165 e. The maximum absolute atomic E-state index is 12.2. The Kier molecular flexibility index (Phi) is 8.03. The Hall–Kier alpha value is -2.29. The van der Waals surface area contributed by atoms with E-state index in [1.807, 2.05) is 44.2 Å². The minimum Gasteiger partial charge on any atom is -0.457 e. The SMILES string of the molecule is CC(C)C(=O)c1ccc(C(C)(C)CCCc2cccc(Oc3ccc(Cl)c(Cl)c3)c2)cc1. The Bertz CT molecular complexity index is 1070. The fourth-order valence-electron chi connectivity index (χ4n) is 3.74. The van der Waals surface area contributed by atoms with Crippen LogP contribution in [-0.4, -0.2) is 5.78 Å². The van der Waals surface area contributed by atoms with Gasteiger partial charge >= 0.3 is 0 Å². The van der Waals surface area contributed by atoms with Crippen molar-refractivity contribution in [2.45, 2.75) is 52.4 Å². The van der Waals surface area contributed by atoms with Crippen LogP contribution in [0.1, 0.15) is 62.0 Å². The third-order valence-electron chi connectivity index (χ3n) is 5.77. The molecule has 0 amide bonds. The summed E-state index contributed by atoms with van der Waals surface area (Å²) in [4.78, 5) is 12.2. The number of Topliss-reactive ketones (excluding diaryl/α,β-unsaturated/α-hetero) is 1. The van der Waals surface area contributed by atoms with E-state index in [1.165, 1.54) is 11.1 Å². The normalized spacial score (nSPS) is 11.6. The van der Waals surface area contributed by atoms with Crippen LogP contribution in [-0.2, 0) is 11.8 Å². The van der Waals surface area contributed by atoms with Gasteiger partial charge in [0.15, 0.2) is 5.78 Å². The molecule has 0 spiro atoms. The summed E-state index contributed by atoms with van der Waals surface area (Å²) in [6.45, 7) is 8.39. The van der Waals surface area contributed by atoms with Crippen molar-refractivity contribution >= 4 is 29.0 Å². The zero-order chi connectivity index (χ0) is 23.3. The molecule has 0 aliphatic heterocycles. The maximum Gasteiger partial charge on any atom is 0.165 e. The summed E-state index contributed by atoms with van der Waals surface area (Å²) in [6.07, 6.45) is 3.06. The quantitative estimate of drug-likeness (QED) is 0.293. The van der Waals surface area contributed by atoms with Gasteiger partial charge in [0, 0.05) is 17.5 Å². The number of aryl methyl sites for hydroxylation is 1. The van der Waals surface area contributed by atoms with E-state index >= 15 is 0 Å². The second kappa shape index (κ2) is 10.6. The third-order valence-corrected chi connectivity index (χ3v) is 6.51. The average Bonchev–Trinajstić information content (AvgIpc) is 2.76. The van der Waals surface area contributed by atoms with Gasteiger partial charge in [0.1, 0.15) is 11.5 Å².